The van der Waals surface area contributed by atoms with E-state index in [0.29, 0.717) is 17.1 Å². The van der Waals surface area contributed by atoms with E-state index in [1.54, 1.807) is 18.5 Å². The van der Waals surface area contributed by atoms with Crippen LogP contribution in [0, 0.1) is 6.92 Å². The van der Waals surface area contributed by atoms with E-state index in [1.165, 1.54) is 6.07 Å². The average molecular weight is 241 g/mol. The molecule has 5 nitrogen and oxygen atoms in total. The summed E-state index contributed by atoms with van der Waals surface area (Å²) in [6.45, 7) is 1.86. The third-order valence-electron chi connectivity index (χ3n) is 2.88. The molecule has 0 bridgehead atoms. The molecule has 3 rings (SSSR count). The molecule has 0 aliphatic heterocycles. The summed E-state index contributed by atoms with van der Waals surface area (Å²) < 4.78 is 5.38. The zero-order valence-corrected chi connectivity index (χ0v) is 9.73. The van der Waals surface area contributed by atoms with E-state index >= 15 is 0 Å². The molecule has 0 saturated carbocycles. The molecule has 0 spiro atoms. The minimum Gasteiger partial charge on any atom is -0.464 e. The second-order valence-corrected chi connectivity index (χ2v) is 4.10. The molecule has 0 radical (unpaired) electrons. The lowest BCUT2D eigenvalue weighted by molar-refractivity contribution is 0.582. The number of nitrogens with two attached hydrogens (primary N) is 1. The first-order valence-corrected chi connectivity index (χ1v) is 5.49. The monoisotopic (exact) mass is 241 g/mol. The smallest absolute Gasteiger partial charge is 0.248 e. The fraction of sp³-hybridized carbons (Fsp3) is 0.0769. The van der Waals surface area contributed by atoms with Crippen LogP contribution in [0.25, 0.3) is 22.2 Å². The van der Waals surface area contributed by atoms with Crippen LogP contribution in [0.5, 0.6) is 0 Å². The van der Waals surface area contributed by atoms with Crippen LogP contribution in [0.15, 0.2) is 39.9 Å². The van der Waals surface area contributed by atoms with Gasteiger partial charge in [-0.3, -0.25) is 4.79 Å². The maximum absolute atomic E-state index is 11.5. The molecule has 3 heterocycles. The minimum absolute atomic E-state index is 0.190. The number of aromatic amines is 1. The van der Waals surface area contributed by atoms with Crippen molar-refractivity contribution in [2.24, 2.45) is 0 Å². The second-order valence-electron chi connectivity index (χ2n) is 4.10. The number of pyridine rings is 2. The van der Waals surface area contributed by atoms with Crippen molar-refractivity contribution in [1.82, 2.24) is 9.97 Å². The SMILES string of the molecule is Cc1cc(=O)[nH]c2c(N)ncc(-c3ccco3)c12. The van der Waals surface area contributed by atoms with E-state index in [0.717, 1.165) is 16.5 Å². The lowest BCUT2D eigenvalue weighted by Gasteiger charge is -2.08. The van der Waals surface area contributed by atoms with Crippen LogP contribution < -0.4 is 11.3 Å². The lowest BCUT2D eigenvalue weighted by atomic mass is 10.0. The number of anilines is 1. The summed E-state index contributed by atoms with van der Waals surface area (Å²) in [4.78, 5) is 18.3. The standard InChI is InChI=1S/C13H11N3O2/c1-7-5-10(17)16-12-11(7)8(6-15-13(12)14)9-3-2-4-18-9/h2-6H,1H3,(H2,14,15)(H,16,17). The van der Waals surface area contributed by atoms with Gasteiger partial charge in [-0.1, -0.05) is 0 Å². The maximum Gasteiger partial charge on any atom is 0.248 e. The highest BCUT2D eigenvalue weighted by molar-refractivity contribution is 5.99. The van der Waals surface area contributed by atoms with Crippen molar-refractivity contribution in [2.75, 3.05) is 5.73 Å². The summed E-state index contributed by atoms with van der Waals surface area (Å²) in [6, 6.07) is 5.18. The molecule has 3 aromatic rings. The molecule has 0 aromatic carbocycles. The third kappa shape index (κ3) is 1.48. The first-order chi connectivity index (χ1) is 8.66. The number of aryl methyl sites for hydroxylation is 1. The number of nitrogens with zero attached hydrogens (tertiary/aromatic N) is 1. The predicted molar refractivity (Wildman–Crippen MR) is 69.2 cm³/mol. The van der Waals surface area contributed by atoms with Crippen molar-refractivity contribution in [3.63, 3.8) is 0 Å². The Morgan fingerprint density at radius 2 is 2.28 bits per heavy atom. The first-order valence-electron chi connectivity index (χ1n) is 5.49. The summed E-state index contributed by atoms with van der Waals surface area (Å²) in [5.41, 5.74) is 7.82. The van der Waals surface area contributed by atoms with E-state index < -0.39 is 0 Å². The van der Waals surface area contributed by atoms with Crippen LogP contribution in [0.4, 0.5) is 5.82 Å². The molecular formula is C13H11N3O2. The van der Waals surface area contributed by atoms with Gasteiger partial charge in [-0.25, -0.2) is 4.98 Å². The van der Waals surface area contributed by atoms with Gasteiger partial charge in [0.05, 0.1) is 11.8 Å². The summed E-state index contributed by atoms with van der Waals surface area (Å²) in [5, 5.41) is 0.858. The molecule has 0 atom stereocenters. The van der Waals surface area contributed by atoms with Crippen molar-refractivity contribution in [3.05, 3.63) is 46.6 Å². The number of nitrogen functional groups attached to an aromatic ring is 1. The molecule has 0 saturated heterocycles. The minimum atomic E-state index is -0.190. The van der Waals surface area contributed by atoms with E-state index in [2.05, 4.69) is 9.97 Å². The number of furan rings is 1. The Labute approximate surface area is 102 Å². The molecule has 0 unspecified atom stereocenters. The number of rotatable bonds is 1. The van der Waals surface area contributed by atoms with Gasteiger partial charge in [-0.2, -0.15) is 0 Å². The summed E-state index contributed by atoms with van der Waals surface area (Å²) in [5.74, 6) is 1.00. The molecule has 18 heavy (non-hydrogen) atoms. The Morgan fingerprint density at radius 3 is 3.00 bits per heavy atom. The number of H-pyrrole nitrogens is 1. The highest BCUT2D eigenvalue weighted by atomic mass is 16.3. The van der Waals surface area contributed by atoms with Gasteiger partial charge in [-0.15, -0.1) is 0 Å². The van der Waals surface area contributed by atoms with Crippen LogP contribution in [-0.2, 0) is 0 Å². The van der Waals surface area contributed by atoms with Crippen molar-refractivity contribution in [1.29, 1.82) is 0 Å². The van der Waals surface area contributed by atoms with Gasteiger partial charge >= 0.3 is 0 Å². The van der Waals surface area contributed by atoms with Crippen LogP contribution >= 0.6 is 0 Å². The Bertz CT molecular complexity index is 773. The number of hydrogen-bond donors (Lipinski definition) is 2. The second kappa shape index (κ2) is 3.73. The summed E-state index contributed by atoms with van der Waals surface area (Å²) in [6.07, 6.45) is 3.25. The molecule has 0 fully saturated rings. The van der Waals surface area contributed by atoms with Crippen LogP contribution in [-0.4, -0.2) is 9.97 Å². The molecule has 3 aromatic heterocycles. The number of fused-ring (bicyclic) bond motifs is 1. The van der Waals surface area contributed by atoms with Gasteiger partial charge in [0.2, 0.25) is 5.56 Å². The van der Waals surface area contributed by atoms with Crippen molar-refractivity contribution in [3.8, 4) is 11.3 Å². The van der Waals surface area contributed by atoms with Gasteiger partial charge in [0, 0.05) is 23.2 Å². The van der Waals surface area contributed by atoms with E-state index in [4.69, 9.17) is 10.2 Å². The molecule has 0 aliphatic rings. The van der Waals surface area contributed by atoms with Gasteiger partial charge in [0.15, 0.2) is 0 Å². The highest BCUT2D eigenvalue weighted by Crippen LogP contribution is 2.30. The third-order valence-corrected chi connectivity index (χ3v) is 2.88. The quantitative estimate of drug-likeness (QED) is 0.683. The van der Waals surface area contributed by atoms with Gasteiger partial charge in [0.25, 0.3) is 0 Å². The zero-order chi connectivity index (χ0) is 12.7. The van der Waals surface area contributed by atoms with Crippen molar-refractivity contribution >= 4 is 16.7 Å². The Balaban J connectivity index is 2.49. The van der Waals surface area contributed by atoms with Crippen molar-refractivity contribution in [2.45, 2.75) is 6.92 Å². The molecule has 0 aliphatic carbocycles. The fourth-order valence-electron chi connectivity index (χ4n) is 2.11. The van der Waals surface area contributed by atoms with Gasteiger partial charge < -0.3 is 15.1 Å². The van der Waals surface area contributed by atoms with Crippen LogP contribution in [0.1, 0.15) is 5.56 Å². The number of nitrogens with one attached hydrogen (secondary N) is 1. The van der Waals surface area contributed by atoms with Crippen molar-refractivity contribution < 1.29 is 4.42 Å². The molecule has 5 heteroatoms. The topological polar surface area (TPSA) is 84.9 Å². The van der Waals surface area contributed by atoms with E-state index in [1.807, 2.05) is 13.0 Å². The van der Waals surface area contributed by atoms with E-state index in [9.17, 15) is 4.79 Å². The molecule has 90 valence electrons. The summed E-state index contributed by atoms with van der Waals surface area (Å²) in [7, 11) is 0. The number of aromatic nitrogens is 2. The highest BCUT2D eigenvalue weighted by Gasteiger charge is 2.12. The number of hydrogen-bond acceptors (Lipinski definition) is 4. The Kier molecular flexibility index (Phi) is 2.19. The van der Waals surface area contributed by atoms with Gasteiger partial charge in [-0.05, 0) is 24.6 Å². The first kappa shape index (κ1) is 10.6. The Morgan fingerprint density at radius 1 is 1.44 bits per heavy atom. The largest absolute Gasteiger partial charge is 0.464 e. The average Bonchev–Trinajstić information content (AvgIpc) is 2.84. The van der Waals surface area contributed by atoms with E-state index in [-0.39, 0.29) is 5.56 Å². The zero-order valence-electron chi connectivity index (χ0n) is 9.73. The van der Waals surface area contributed by atoms with Gasteiger partial charge in [0.1, 0.15) is 11.6 Å². The molecule has 0 amide bonds. The summed E-state index contributed by atoms with van der Waals surface area (Å²) >= 11 is 0. The maximum atomic E-state index is 11.5. The van der Waals surface area contributed by atoms with Crippen LogP contribution in [0.3, 0.4) is 0 Å². The molecule has 3 N–H and O–H groups in total. The lowest BCUT2D eigenvalue weighted by Crippen LogP contribution is -2.08. The fourth-order valence-corrected chi connectivity index (χ4v) is 2.11. The Hall–Kier alpha value is -2.56. The predicted octanol–water partition coefficient (Wildman–Crippen LogP) is 2.07. The van der Waals surface area contributed by atoms with Crippen LogP contribution in [0.2, 0.25) is 0 Å². The molecular weight excluding hydrogens is 230 g/mol. The normalized spacial score (nSPS) is 10.9.